The molecule has 0 bridgehead atoms. The number of cyclic esters (lactones) is 1. The van der Waals surface area contributed by atoms with Crippen LogP contribution in [0.4, 0.5) is 4.39 Å². The van der Waals surface area contributed by atoms with Gasteiger partial charge in [0.15, 0.2) is 0 Å². The molecule has 5 heteroatoms. The second-order valence-corrected chi connectivity index (χ2v) is 4.56. The second-order valence-electron chi connectivity index (χ2n) is 4.56. The van der Waals surface area contributed by atoms with Crippen LogP contribution < -0.4 is 0 Å². The maximum Gasteiger partial charge on any atom is 0.350 e. The van der Waals surface area contributed by atoms with Gasteiger partial charge < -0.3 is 9.47 Å². The first-order chi connectivity index (χ1) is 8.37. The van der Waals surface area contributed by atoms with E-state index >= 15 is 0 Å². The van der Waals surface area contributed by atoms with Crippen LogP contribution >= 0.6 is 0 Å². The number of ether oxygens (including phenoxy) is 2. The summed E-state index contributed by atoms with van der Waals surface area (Å²) in [4.78, 5) is 23.4. The topological polar surface area (TPSA) is 52.6 Å². The highest BCUT2D eigenvalue weighted by molar-refractivity contribution is 5.96. The molecule has 1 atom stereocenters. The second kappa shape index (κ2) is 4.08. The molecule has 1 heterocycles. The Balaban J connectivity index is 2.52. The Labute approximate surface area is 104 Å². The summed E-state index contributed by atoms with van der Waals surface area (Å²) < 4.78 is 23.5. The zero-order valence-corrected chi connectivity index (χ0v) is 10.4. The lowest BCUT2D eigenvalue weighted by Gasteiger charge is -2.32. The van der Waals surface area contributed by atoms with Gasteiger partial charge in [0.1, 0.15) is 5.82 Å². The number of hydrogen-bond acceptors (Lipinski definition) is 4. The number of methoxy groups -OCH3 is 1. The van der Waals surface area contributed by atoms with Crippen molar-refractivity contribution in [2.45, 2.75) is 25.9 Å². The van der Waals surface area contributed by atoms with Crippen LogP contribution in [-0.4, -0.2) is 24.6 Å². The standard InChI is InChI=1S/C13H13FO4/c1-7-4-8-9(10(14)5-7)6-13(2,12(16)17-3)18-11(8)15/h4-5H,6H2,1-3H3. The third-order valence-electron chi connectivity index (χ3n) is 3.01. The molecule has 0 saturated carbocycles. The largest absolute Gasteiger partial charge is 0.466 e. The molecular formula is C13H13FO4. The molecule has 2 rings (SSSR count). The fraction of sp³-hybridized carbons (Fsp3) is 0.385. The summed E-state index contributed by atoms with van der Waals surface area (Å²) in [6, 6.07) is 2.88. The van der Waals surface area contributed by atoms with Crippen molar-refractivity contribution in [3.63, 3.8) is 0 Å². The van der Waals surface area contributed by atoms with Gasteiger partial charge in [0.25, 0.3) is 0 Å². The van der Waals surface area contributed by atoms with E-state index in [9.17, 15) is 14.0 Å². The molecule has 0 amide bonds. The normalized spacial score (nSPS) is 22.1. The van der Waals surface area contributed by atoms with Gasteiger partial charge in [-0.3, -0.25) is 0 Å². The third-order valence-corrected chi connectivity index (χ3v) is 3.01. The van der Waals surface area contributed by atoms with Crippen LogP contribution in [0.2, 0.25) is 0 Å². The minimum Gasteiger partial charge on any atom is -0.466 e. The Bertz CT molecular complexity index is 538. The van der Waals surface area contributed by atoms with E-state index in [0.29, 0.717) is 5.56 Å². The van der Waals surface area contributed by atoms with Crippen molar-refractivity contribution in [3.05, 3.63) is 34.6 Å². The molecule has 0 spiro atoms. The summed E-state index contributed by atoms with van der Waals surface area (Å²) in [6.07, 6.45) is -0.0210. The Hall–Kier alpha value is -1.91. The number of benzene rings is 1. The summed E-state index contributed by atoms with van der Waals surface area (Å²) in [6.45, 7) is 3.10. The number of carbonyl (C=O) groups excluding carboxylic acids is 2. The van der Waals surface area contributed by atoms with E-state index < -0.39 is 23.4 Å². The molecule has 18 heavy (non-hydrogen) atoms. The molecule has 0 fully saturated rings. The van der Waals surface area contributed by atoms with Gasteiger partial charge in [-0.25, -0.2) is 14.0 Å². The number of carbonyl (C=O) groups is 2. The number of esters is 2. The van der Waals surface area contributed by atoms with Gasteiger partial charge in [-0.05, 0) is 31.5 Å². The molecule has 0 radical (unpaired) electrons. The van der Waals surface area contributed by atoms with Gasteiger partial charge in [-0.2, -0.15) is 0 Å². The zero-order valence-electron chi connectivity index (χ0n) is 10.4. The molecule has 0 saturated heterocycles. The average Bonchev–Trinajstić information content (AvgIpc) is 2.30. The molecule has 1 aliphatic heterocycles. The lowest BCUT2D eigenvalue weighted by Crippen LogP contribution is -2.47. The molecule has 1 aliphatic rings. The summed E-state index contributed by atoms with van der Waals surface area (Å²) in [7, 11) is 1.20. The Morgan fingerprint density at radius 1 is 1.50 bits per heavy atom. The smallest absolute Gasteiger partial charge is 0.350 e. The lowest BCUT2D eigenvalue weighted by atomic mass is 9.89. The van der Waals surface area contributed by atoms with E-state index in [2.05, 4.69) is 4.74 Å². The van der Waals surface area contributed by atoms with E-state index in [1.54, 1.807) is 13.0 Å². The highest BCUT2D eigenvalue weighted by atomic mass is 19.1. The van der Waals surface area contributed by atoms with Crippen molar-refractivity contribution in [3.8, 4) is 0 Å². The van der Waals surface area contributed by atoms with Crippen LogP contribution in [0.25, 0.3) is 0 Å². The van der Waals surface area contributed by atoms with Crippen LogP contribution in [-0.2, 0) is 20.7 Å². The van der Waals surface area contributed by atoms with Gasteiger partial charge in [0, 0.05) is 12.0 Å². The predicted octanol–water partition coefficient (Wildman–Crippen LogP) is 1.78. The Morgan fingerprint density at radius 3 is 2.78 bits per heavy atom. The Kier molecular flexibility index (Phi) is 2.84. The van der Waals surface area contributed by atoms with E-state index in [4.69, 9.17) is 4.74 Å². The molecule has 0 N–H and O–H groups in total. The third kappa shape index (κ3) is 1.85. The number of fused-ring (bicyclic) bond motifs is 1. The first-order valence-electron chi connectivity index (χ1n) is 5.48. The van der Waals surface area contributed by atoms with Crippen LogP contribution in [0, 0.1) is 12.7 Å². The predicted molar refractivity (Wildman–Crippen MR) is 60.7 cm³/mol. The minimum absolute atomic E-state index is 0.0210. The minimum atomic E-state index is -1.46. The van der Waals surface area contributed by atoms with Crippen LogP contribution in [0.1, 0.15) is 28.4 Å². The van der Waals surface area contributed by atoms with Gasteiger partial charge >= 0.3 is 11.9 Å². The zero-order chi connectivity index (χ0) is 13.5. The fourth-order valence-corrected chi connectivity index (χ4v) is 2.10. The maximum atomic E-state index is 13.9. The van der Waals surface area contributed by atoms with E-state index in [-0.39, 0.29) is 17.5 Å². The molecule has 96 valence electrons. The van der Waals surface area contributed by atoms with E-state index in [0.717, 1.165) is 0 Å². The van der Waals surface area contributed by atoms with Gasteiger partial charge in [-0.15, -0.1) is 0 Å². The van der Waals surface area contributed by atoms with Gasteiger partial charge in [-0.1, -0.05) is 0 Å². The molecule has 4 nitrogen and oxygen atoms in total. The number of halogens is 1. The Morgan fingerprint density at radius 2 is 2.17 bits per heavy atom. The van der Waals surface area contributed by atoms with E-state index in [1.165, 1.54) is 20.1 Å². The monoisotopic (exact) mass is 252 g/mol. The fourth-order valence-electron chi connectivity index (χ4n) is 2.10. The molecule has 1 aromatic carbocycles. The summed E-state index contributed by atoms with van der Waals surface area (Å²) >= 11 is 0. The summed E-state index contributed by atoms with van der Waals surface area (Å²) in [5.41, 5.74) is -0.460. The highest BCUT2D eigenvalue weighted by Gasteiger charge is 2.44. The van der Waals surface area contributed by atoms with Crippen molar-refractivity contribution < 1.29 is 23.5 Å². The van der Waals surface area contributed by atoms with Crippen molar-refractivity contribution in [2.24, 2.45) is 0 Å². The first kappa shape index (κ1) is 12.5. The molecule has 1 unspecified atom stereocenters. The maximum absolute atomic E-state index is 13.9. The highest BCUT2D eigenvalue weighted by Crippen LogP contribution is 2.31. The molecular weight excluding hydrogens is 239 g/mol. The van der Waals surface area contributed by atoms with Crippen molar-refractivity contribution in [1.82, 2.24) is 0 Å². The number of rotatable bonds is 1. The van der Waals surface area contributed by atoms with Gasteiger partial charge in [0.2, 0.25) is 5.60 Å². The molecule has 0 aliphatic carbocycles. The van der Waals surface area contributed by atoms with Crippen molar-refractivity contribution in [2.75, 3.05) is 7.11 Å². The summed E-state index contributed by atoms with van der Waals surface area (Å²) in [5.74, 6) is -1.90. The van der Waals surface area contributed by atoms with Crippen LogP contribution in [0.3, 0.4) is 0 Å². The molecule has 1 aromatic rings. The number of hydrogen-bond donors (Lipinski definition) is 0. The van der Waals surface area contributed by atoms with Gasteiger partial charge in [0.05, 0.1) is 12.7 Å². The number of aryl methyl sites for hydroxylation is 1. The van der Waals surface area contributed by atoms with Crippen LogP contribution in [0.5, 0.6) is 0 Å². The first-order valence-corrected chi connectivity index (χ1v) is 5.48. The SMILES string of the molecule is COC(=O)C1(C)Cc2c(F)cc(C)cc2C(=O)O1. The lowest BCUT2D eigenvalue weighted by molar-refractivity contribution is -0.161. The van der Waals surface area contributed by atoms with E-state index in [1.807, 2.05) is 0 Å². The van der Waals surface area contributed by atoms with Crippen molar-refractivity contribution in [1.29, 1.82) is 0 Å². The van der Waals surface area contributed by atoms with Crippen molar-refractivity contribution >= 4 is 11.9 Å². The summed E-state index contributed by atoms with van der Waals surface area (Å²) in [5, 5.41) is 0. The molecule has 0 aromatic heterocycles. The quantitative estimate of drug-likeness (QED) is 0.715. The van der Waals surface area contributed by atoms with Crippen LogP contribution in [0.15, 0.2) is 12.1 Å². The average molecular weight is 252 g/mol.